The highest BCUT2D eigenvalue weighted by Gasteiger charge is 2.16. The van der Waals surface area contributed by atoms with Gasteiger partial charge in [-0.25, -0.2) is 4.79 Å². The molecule has 0 aliphatic rings. The van der Waals surface area contributed by atoms with Crippen LogP contribution >= 0.6 is 0 Å². The Morgan fingerprint density at radius 2 is 2.08 bits per heavy atom. The molecule has 1 rings (SSSR count). The van der Waals surface area contributed by atoms with Crippen LogP contribution in [0.1, 0.15) is 5.56 Å². The molecule has 0 bridgehead atoms. The molecule has 0 fully saturated rings. The summed E-state index contributed by atoms with van der Waals surface area (Å²) in [4.78, 5) is 10.6. The topological polar surface area (TPSA) is 46.5 Å². The van der Waals surface area contributed by atoms with Crippen LogP contribution in [0.2, 0.25) is 0 Å². The van der Waals surface area contributed by atoms with Crippen molar-refractivity contribution >= 4 is 5.97 Å². The summed E-state index contributed by atoms with van der Waals surface area (Å²) in [5.74, 6) is -0.925. The van der Waals surface area contributed by atoms with Gasteiger partial charge in [-0.15, -0.1) is 0 Å². The fourth-order valence-electron chi connectivity index (χ4n) is 1.10. The van der Waals surface area contributed by atoms with Crippen molar-refractivity contribution in [3.63, 3.8) is 0 Å². The molecule has 1 aromatic rings. The average Bonchev–Trinajstić information content (AvgIpc) is 2.15. The molecule has 0 amide bonds. The third kappa shape index (κ3) is 2.87. The fraction of sp³-hybridized carbons (Fsp3) is 0.300. The van der Waals surface area contributed by atoms with Gasteiger partial charge in [-0.05, 0) is 5.56 Å². The molecule has 1 aromatic carbocycles. The molecule has 1 atom stereocenters. The van der Waals surface area contributed by atoms with E-state index in [1.807, 2.05) is 30.3 Å². The highest BCUT2D eigenvalue weighted by atomic mass is 16.5. The highest BCUT2D eigenvalue weighted by Crippen LogP contribution is 2.05. The van der Waals surface area contributed by atoms with Gasteiger partial charge in [0.15, 0.2) is 6.10 Å². The Labute approximate surface area is 77.0 Å². The molecule has 0 saturated carbocycles. The maximum Gasteiger partial charge on any atom is 0.333 e. The summed E-state index contributed by atoms with van der Waals surface area (Å²) in [7, 11) is 1.40. The van der Waals surface area contributed by atoms with Gasteiger partial charge < -0.3 is 9.84 Å². The number of carboxylic acid groups (broad SMARTS) is 1. The van der Waals surface area contributed by atoms with E-state index < -0.39 is 12.1 Å². The van der Waals surface area contributed by atoms with Crippen molar-refractivity contribution in [3.8, 4) is 0 Å². The van der Waals surface area contributed by atoms with Crippen molar-refractivity contribution in [3.05, 3.63) is 35.9 Å². The molecule has 0 unspecified atom stereocenters. The summed E-state index contributed by atoms with van der Waals surface area (Å²) < 4.78 is 4.82. The summed E-state index contributed by atoms with van der Waals surface area (Å²) in [5.41, 5.74) is 0.969. The van der Waals surface area contributed by atoms with Gasteiger partial charge in [0.25, 0.3) is 0 Å². The van der Waals surface area contributed by atoms with Gasteiger partial charge in [0.2, 0.25) is 0 Å². The van der Waals surface area contributed by atoms with E-state index in [0.29, 0.717) is 6.42 Å². The molecular weight excluding hydrogens is 168 g/mol. The van der Waals surface area contributed by atoms with E-state index in [1.54, 1.807) is 0 Å². The summed E-state index contributed by atoms with van der Waals surface area (Å²) in [6, 6.07) is 9.42. The molecule has 0 aliphatic carbocycles. The first kappa shape index (κ1) is 9.74. The summed E-state index contributed by atoms with van der Waals surface area (Å²) >= 11 is 0. The first-order chi connectivity index (χ1) is 6.24. The van der Waals surface area contributed by atoms with E-state index in [4.69, 9.17) is 9.84 Å². The van der Waals surface area contributed by atoms with E-state index in [0.717, 1.165) is 5.56 Å². The lowest BCUT2D eigenvalue weighted by Crippen LogP contribution is -2.24. The maximum atomic E-state index is 10.6. The number of hydrogen-bond acceptors (Lipinski definition) is 2. The van der Waals surface area contributed by atoms with Gasteiger partial charge in [-0.2, -0.15) is 0 Å². The van der Waals surface area contributed by atoms with Crippen molar-refractivity contribution in [2.75, 3.05) is 7.11 Å². The Kier molecular flexibility index (Phi) is 3.46. The number of rotatable bonds is 4. The van der Waals surface area contributed by atoms with E-state index in [1.165, 1.54) is 7.11 Å². The zero-order valence-electron chi connectivity index (χ0n) is 7.43. The number of carboxylic acids is 1. The second kappa shape index (κ2) is 4.62. The Morgan fingerprint density at radius 3 is 2.54 bits per heavy atom. The van der Waals surface area contributed by atoms with Crippen molar-refractivity contribution < 1.29 is 14.6 Å². The highest BCUT2D eigenvalue weighted by molar-refractivity contribution is 5.72. The van der Waals surface area contributed by atoms with Crippen LogP contribution in [0.5, 0.6) is 0 Å². The lowest BCUT2D eigenvalue weighted by molar-refractivity contribution is -0.148. The van der Waals surface area contributed by atoms with E-state index >= 15 is 0 Å². The largest absolute Gasteiger partial charge is 0.479 e. The number of carbonyl (C=O) groups is 1. The molecule has 3 nitrogen and oxygen atoms in total. The molecule has 0 aliphatic heterocycles. The quantitative estimate of drug-likeness (QED) is 0.760. The molecular formula is C10H12O3. The second-order valence-corrected chi connectivity index (χ2v) is 2.75. The van der Waals surface area contributed by atoms with E-state index in [-0.39, 0.29) is 0 Å². The Hall–Kier alpha value is -1.35. The Balaban J connectivity index is 2.62. The van der Waals surface area contributed by atoms with Crippen LogP contribution in [0.15, 0.2) is 30.3 Å². The lowest BCUT2D eigenvalue weighted by atomic mass is 10.1. The van der Waals surface area contributed by atoms with E-state index in [2.05, 4.69) is 0 Å². The van der Waals surface area contributed by atoms with Crippen LogP contribution in [0, 0.1) is 0 Å². The van der Waals surface area contributed by atoms with Crippen LogP contribution in [0.25, 0.3) is 0 Å². The second-order valence-electron chi connectivity index (χ2n) is 2.75. The van der Waals surface area contributed by atoms with Gasteiger partial charge in [0.1, 0.15) is 0 Å². The standard InChI is InChI=1S/C10H12O3/c1-13-9(10(11)12)7-8-5-3-2-4-6-8/h2-6,9H,7H2,1H3,(H,11,12)/t9-/m0/s1. The Morgan fingerprint density at radius 1 is 1.46 bits per heavy atom. The average molecular weight is 180 g/mol. The fourth-order valence-corrected chi connectivity index (χ4v) is 1.10. The van der Waals surface area contributed by atoms with Gasteiger partial charge in [0, 0.05) is 13.5 Å². The summed E-state index contributed by atoms with van der Waals surface area (Å²) in [6.07, 6.45) is -0.338. The minimum atomic E-state index is -0.925. The third-order valence-corrected chi connectivity index (χ3v) is 1.82. The number of aliphatic carboxylic acids is 1. The molecule has 13 heavy (non-hydrogen) atoms. The summed E-state index contributed by atoms with van der Waals surface area (Å²) in [6.45, 7) is 0. The number of benzene rings is 1. The Bertz CT molecular complexity index is 269. The van der Waals surface area contributed by atoms with Crippen LogP contribution < -0.4 is 0 Å². The lowest BCUT2D eigenvalue weighted by Gasteiger charge is -2.09. The van der Waals surface area contributed by atoms with E-state index in [9.17, 15) is 4.79 Å². The monoisotopic (exact) mass is 180 g/mol. The first-order valence-corrected chi connectivity index (χ1v) is 4.03. The minimum Gasteiger partial charge on any atom is -0.479 e. The minimum absolute atomic E-state index is 0.409. The van der Waals surface area contributed by atoms with Crippen molar-refractivity contribution in [1.82, 2.24) is 0 Å². The van der Waals surface area contributed by atoms with Crippen molar-refractivity contribution in [2.45, 2.75) is 12.5 Å². The van der Waals surface area contributed by atoms with Crippen LogP contribution in [-0.4, -0.2) is 24.3 Å². The first-order valence-electron chi connectivity index (χ1n) is 4.03. The van der Waals surface area contributed by atoms with Crippen LogP contribution in [0.4, 0.5) is 0 Å². The molecule has 0 heterocycles. The van der Waals surface area contributed by atoms with Crippen LogP contribution in [-0.2, 0) is 16.0 Å². The SMILES string of the molecule is CO[C@@H](Cc1ccccc1)C(=O)O. The van der Waals surface area contributed by atoms with Gasteiger partial charge >= 0.3 is 5.97 Å². The smallest absolute Gasteiger partial charge is 0.333 e. The third-order valence-electron chi connectivity index (χ3n) is 1.82. The number of ether oxygens (including phenoxy) is 1. The molecule has 0 saturated heterocycles. The molecule has 1 N–H and O–H groups in total. The van der Waals surface area contributed by atoms with Crippen molar-refractivity contribution in [2.24, 2.45) is 0 Å². The normalized spacial score (nSPS) is 12.4. The van der Waals surface area contributed by atoms with Gasteiger partial charge in [0.05, 0.1) is 0 Å². The van der Waals surface area contributed by atoms with Crippen molar-refractivity contribution in [1.29, 1.82) is 0 Å². The number of hydrogen-bond donors (Lipinski definition) is 1. The summed E-state index contributed by atoms with van der Waals surface area (Å²) in [5, 5.41) is 8.71. The van der Waals surface area contributed by atoms with Gasteiger partial charge in [-0.3, -0.25) is 0 Å². The zero-order chi connectivity index (χ0) is 9.68. The molecule has 70 valence electrons. The maximum absolute atomic E-state index is 10.6. The molecule has 3 heteroatoms. The predicted octanol–water partition coefficient (Wildman–Crippen LogP) is 1.33. The zero-order valence-corrected chi connectivity index (χ0v) is 7.43. The van der Waals surface area contributed by atoms with Gasteiger partial charge in [-0.1, -0.05) is 30.3 Å². The van der Waals surface area contributed by atoms with Crippen LogP contribution in [0.3, 0.4) is 0 Å². The molecule has 0 aromatic heterocycles. The molecule has 0 radical (unpaired) electrons. The molecule has 0 spiro atoms. The number of methoxy groups -OCH3 is 1. The predicted molar refractivity (Wildman–Crippen MR) is 48.6 cm³/mol.